The van der Waals surface area contributed by atoms with Gasteiger partial charge in [0.05, 0.1) is 50.1 Å². The minimum atomic E-state index is -0.873. The number of aliphatic imine (C=N–C) groups is 2. The third kappa shape index (κ3) is 7.19. The highest BCUT2D eigenvalue weighted by molar-refractivity contribution is 6.18. The maximum absolute atomic E-state index is 14.0. The number of nitrogen functional groups attached to an aromatic ring is 1. The van der Waals surface area contributed by atoms with Gasteiger partial charge in [-0.05, 0) is 75.0 Å². The number of hydrogen-bond donors (Lipinski definition) is 6. The number of nitrogens with two attached hydrogens (primary N) is 1. The first-order valence-electron chi connectivity index (χ1n) is 19.0. The molecule has 2 aliphatic carbocycles. The van der Waals surface area contributed by atoms with Crippen LogP contribution in [0, 0.1) is 22.7 Å². The molecule has 0 radical (unpaired) electrons. The Hall–Kier alpha value is -5.10. The molecule has 2 aromatic rings. The molecule has 5 heterocycles. The van der Waals surface area contributed by atoms with E-state index in [1.54, 1.807) is 38.4 Å². The molecule has 1 spiro atoms. The summed E-state index contributed by atoms with van der Waals surface area (Å²) in [4.78, 5) is 61.6. The number of allylic oxidation sites excluding steroid dienone is 1. The number of ether oxygens (including phenoxy) is 3. The SMILES string of the molecule is CCOC(=O)/C(=C1/C=C(C(CC2C3(CO3)C(NC(C)C(=O)NC3=NCC=N3)CC3[C@]2(C)CC[C@@H](O)[C@@]3(C)CO)Nc2ccccn2)C(=O)O1)c1cnc(N)nc1. The van der Waals surface area contributed by atoms with Crippen LogP contribution in [-0.4, -0.2) is 111 Å². The average molecular weight is 772 g/mol. The molecule has 5 aliphatic rings. The molecule has 298 valence electrons. The van der Waals surface area contributed by atoms with Gasteiger partial charge in [-0.25, -0.2) is 34.5 Å². The van der Waals surface area contributed by atoms with Crippen molar-refractivity contribution < 1.29 is 38.8 Å². The Kier molecular flexibility index (Phi) is 10.8. The third-order valence-corrected chi connectivity index (χ3v) is 12.4. The predicted molar refractivity (Wildman–Crippen MR) is 205 cm³/mol. The van der Waals surface area contributed by atoms with Crippen molar-refractivity contribution in [2.75, 3.05) is 37.4 Å². The smallest absolute Gasteiger partial charge is 0.342 e. The second-order valence-electron chi connectivity index (χ2n) is 15.6. The van der Waals surface area contributed by atoms with Crippen LogP contribution in [0.25, 0.3) is 5.57 Å². The highest BCUT2D eigenvalue weighted by atomic mass is 16.6. The lowest BCUT2D eigenvalue weighted by Gasteiger charge is -2.63. The summed E-state index contributed by atoms with van der Waals surface area (Å²) in [6, 6.07) is 3.61. The molecule has 1 saturated heterocycles. The zero-order chi connectivity index (χ0) is 39.8. The Balaban J connectivity index is 1.30. The van der Waals surface area contributed by atoms with E-state index in [0.29, 0.717) is 44.7 Å². The molecular formula is C39H49N9O8. The Bertz CT molecular complexity index is 1970. The Labute approximate surface area is 324 Å². The minimum Gasteiger partial charge on any atom is -0.462 e. The van der Waals surface area contributed by atoms with Gasteiger partial charge in [-0.15, -0.1) is 0 Å². The molecule has 9 atom stereocenters. The molecule has 0 bridgehead atoms. The lowest BCUT2D eigenvalue weighted by molar-refractivity contribution is -0.184. The van der Waals surface area contributed by atoms with Crippen LogP contribution in [0.1, 0.15) is 58.9 Å². The van der Waals surface area contributed by atoms with Gasteiger partial charge in [-0.3, -0.25) is 10.1 Å². The second kappa shape index (κ2) is 15.4. The molecule has 2 saturated carbocycles. The van der Waals surface area contributed by atoms with E-state index >= 15 is 0 Å². The number of carbonyl (C=O) groups excluding carboxylic acids is 3. The number of aromatic nitrogens is 3. The maximum atomic E-state index is 14.0. The number of esters is 2. The van der Waals surface area contributed by atoms with E-state index in [2.05, 4.69) is 47.8 Å². The number of carbonyl (C=O) groups is 3. The highest BCUT2D eigenvalue weighted by Crippen LogP contribution is 2.66. The summed E-state index contributed by atoms with van der Waals surface area (Å²) >= 11 is 0. The topological polar surface area (TPSA) is 248 Å². The van der Waals surface area contributed by atoms with Crippen molar-refractivity contribution in [3.8, 4) is 0 Å². The maximum Gasteiger partial charge on any atom is 0.342 e. The number of rotatable bonds is 12. The fraction of sp³-hybridized carbons (Fsp3) is 0.538. The molecule has 1 amide bonds. The summed E-state index contributed by atoms with van der Waals surface area (Å²) in [7, 11) is 0. The molecule has 2 aromatic heterocycles. The molecule has 17 heteroatoms. The van der Waals surface area contributed by atoms with Gasteiger partial charge < -0.3 is 40.8 Å². The van der Waals surface area contributed by atoms with Crippen molar-refractivity contribution in [1.82, 2.24) is 25.6 Å². The number of cyclic esters (lactones) is 1. The summed E-state index contributed by atoms with van der Waals surface area (Å²) in [5.74, 6) is -1.50. The van der Waals surface area contributed by atoms with E-state index in [9.17, 15) is 24.6 Å². The second-order valence-corrected chi connectivity index (χ2v) is 15.6. The van der Waals surface area contributed by atoms with E-state index in [4.69, 9.17) is 19.9 Å². The van der Waals surface area contributed by atoms with Crippen LogP contribution in [0.3, 0.4) is 0 Å². The normalized spacial score (nSPS) is 32.4. The summed E-state index contributed by atoms with van der Waals surface area (Å²) in [6.45, 7) is 8.14. The van der Waals surface area contributed by atoms with Crippen LogP contribution in [-0.2, 0) is 28.6 Å². The van der Waals surface area contributed by atoms with Gasteiger partial charge >= 0.3 is 11.9 Å². The van der Waals surface area contributed by atoms with E-state index < -0.39 is 46.6 Å². The highest BCUT2D eigenvalue weighted by Gasteiger charge is 2.71. The predicted octanol–water partition coefficient (Wildman–Crippen LogP) is 1.55. The summed E-state index contributed by atoms with van der Waals surface area (Å²) < 4.78 is 17.7. The molecule has 0 aromatic carbocycles. The zero-order valence-electron chi connectivity index (χ0n) is 31.9. The molecule has 7 N–H and O–H groups in total. The number of nitrogens with one attached hydrogen (secondary N) is 3. The number of guanidine groups is 1. The van der Waals surface area contributed by atoms with Crippen molar-refractivity contribution >= 4 is 47.4 Å². The van der Waals surface area contributed by atoms with E-state index in [1.165, 1.54) is 18.5 Å². The van der Waals surface area contributed by atoms with Gasteiger partial charge in [-0.1, -0.05) is 19.9 Å². The van der Waals surface area contributed by atoms with Crippen LogP contribution in [0.4, 0.5) is 11.8 Å². The van der Waals surface area contributed by atoms with Gasteiger partial charge in [0.2, 0.25) is 17.8 Å². The number of pyridine rings is 1. The van der Waals surface area contributed by atoms with E-state index in [-0.39, 0.29) is 71.4 Å². The Morgan fingerprint density at radius 2 is 1.95 bits per heavy atom. The first-order chi connectivity index (χ1) is 26.8. The van der Waals surface area contributed by atoms with Crippen LogP contribution < -0.4 is 21.7 Å². The number of aliphatic hydroxyl groups is 2. The number of aliphatic hydroxyl groups excluding tert-OH is 2. The lowest BCUT2D eigenvalue weighted by atomic mass is 9.43. The first-order valence-corrected chi connectivity index (χ1v) is 19.0. The minimum absolute atomic E-state index is 0.00413. The van der Waals surface area contributed by atoms with Crippen molar-refractivity contribution in [3.63, 3.8) is 0 Å². The number of anilines is 2. The molecule has 56 heavy (non-hydrogen) atoms. The number of epoxide rings is 1. The summed E-state index contributed by atoms with van der Waals surface area (Å²) in [5, 5.41) is 32.2. The summed E-state index contributed by atoms with van der Waals surface area (Å²) in [6.07, 6.45) is 8.67. The summed E-state index contributed by atoms with van der Waals surface area (Å²) in [5.41, 5.74) is 4.02. The average Bonchev–Trinajstić information content (AvgIpc) is 3.62. The standard InChI is InChI=1S/C39H49N9O8/c1-5-54-34(53)31(22-17-44-35(40)45-18-22)25-14-23(33(52)56-25)24(47-30-8-6-7-11-41-30)15-27-37(3)10-9-29(50)38(4,19-49)26(37)16-28(39(27)20-55-39)46-21(2)32(51)48-36-42-12-13-43-36/h6-8,11-12,14,17-18,21,24,26-29,46,49-50H,5,9-10,13,15-16,19-20H2,1-4H3,(H,41,47)(H2,40,44,45)(H,43,48,51)/b31-25-/t21?,24?,26?,27?,28?,29-,37+,38+,39?/m1/s1. The van der Waals surface area contributed by atoms with Crippen molar-refractivity contribution in [2.45, 2.75) is 83.2 Å². The number of hydrogen-bond acceptors (Lipinski definition) is 16. The van der Waals surface area contributed by atoms with Gasteiger partial charge in [0.15, 0.2) is 0 Å². The van der Waals surface area contributed by atoms with E-state index in [1.807, 2.05) is 13.0 Å². The van der Waals surface area contributed by atoms with Crippen molar-refractivity contribution in [2.24, 2.45) is 32.7 Å². The fourth-order valence-corrected chi connectivity index (χ4v) is 9.38. The van der Waals surface area contributed by atoms with E-state index in [0.717, 1.165) is 0 Å². The largest absolute Gasteiger partial charge is 0.462 e. The first kappa shape index (κ1) is 39.1. The van der Waals surface area contributed by atoms with Crippen molar-refractivity contribution in [3.05, 3.63) is 59.8 Å². The molecule has 3 fully saturated rings. The molecule has 17 nitrogen and oxygen atoms in total. The zero-order valence-corrected chi connectivity index (χ0v) is 31.9. The Morgan fingerprint density at radius 1 is 1.18 bits per heavy atom. The monoisotopic (exact) mass is 771 g/mol. The van der Waals surface area contributed by atoms with Gasteiger partial charge in [0.1, 0.15) is 22.8 Å². The van der Waals surface area contributed by atoms with Gasteiger partial charge in [0, 0.05) is 41.8 Å². The molecule has 7 rings (SSSR count). The molecular weight excluding hydrogens is 722 g/mol. The van der Waals surface area contributed by atoms with Gasteiger partial charge in [-0.2, -0.15) is 0 Å². The fourth-order valence-electron chi connectivity index (χ4n) is 9.38. The number of amides is 1. The third-order valence-electron chi connectivity index (χ3n) is 12.4. The van der Waals surface area contributed by atoms with Crippen LogP contribution in [0.15, 0.2) is 64.2 Å². The van der Waals surface area contributed by atoms with Gasteiger partial charge in [0.25, 0.3) is 0 Å². The lowest BCUT2D eigenvalue weighted by Crippen LogP contribution is -2.68. The molecule has 6 unspecified atom stereocenters. The van der Waals surface area contributed by atoms with Crippen molar-refractivity contribution in [1.29, 1.82) is 0 Å². The Morgan fingerprint density at radius 3 is 2.59 bits per heavy atom. The molecule has 3 aliphatic heterocycles. The van der Waals surface area contributed by atoms with Crippen LogP contribution >= 0.6 is 0 Å². The quantitative estimate of drug-likeness (QED) is 0.102. The van der Waals surface area contributed by atoms with Crippen LogP contribution in [0.2, 0.25) is 0 Å². The number of fused-ring (bicyclic) bond motifs is 1. The number of nitrogens with zero attached hydrogens (tertiary/aromatic N) is 5. The van der Waals surface area contributed by atoms with Crippen LogP contribution in [0.5, 0.6) is 0 Å².